The molecule has 4 nitrogen and oxygen atoms in total. The van der Waals surface area contributed by atoms with Crippen molar-refractivity contribution >= 4 is 17.5 Å². The summed E-state index contributed by atoms with van der Waals surface area (Å²) in [6, 6.07) is 13.9. The molecule has 1 fully saturated rings. The Morgan fingerprint density at radius 1 is 1.12 bits per heavy atom. The standard InChI is InChI=1S/C20H21FN2O2/c1-2-14-5-9-18(10-6-14)23-13-16(11-19(23)24)20(25)22-12-15-3-7-17(21)8-4-15/h3-10,16H,2,11-13H2,1H3,(H,22,25). The van der Waals surface area contributed by atoms with E-state index in [1.165, 1.54) is 17.7 Å². The SMILES string of the molecule is CCc1ccc(N2CC(C(=O)NCc3ccc(F)cc3)CC2=O)cc1. The number of anilines is 1. The van der Waals surface area contributed by atoms with Gasteiger partial charge in [-0.05, 0) is 41.8 Å². The van der Waals surface area contributed by atoms with Crippen molar-refractivity contribution in [2.75, 3.05) is 11.4 Å². The first-order valence-corrected chi connectivity index (χ1v) is 8.48. The largest absolute Gasteiger partial charge is 0.352 e. The van der Waals surface area contributed by atoms with Gasteiger partial charge in [-0.2, -0.15) is 0 Å². The molecule has 3 rings (SSSR count). The van der Waals surface area contributed by atoms with Gasteiger partial charge in [0.1, 0.15) is 5.82 Å². The fourth-order valence-corrected chi connectivity index (χ4v) is 2.98. The van der Waals surface area contributed by atoms with Gasteiger partial charge in [0.05, 0.1) is 5.92 Å². The van der Waals surface area contributed by atoms with Crippen molar-refractivity contribution in [3.05, 3.63) is 65.5 Å². The minimum Gasteiger partial charge on any atom is -0.352 e. The van der Waals surface area contributed by atoms with Crippen LogP contribution in [0.2, 0.25) is 0 Å². The van der Waals surface area contributed by atoms with E-state index in [0.29, 0.717) is 13.1 Å². The normalized spacial score (nSPS) is 17.0. The van der Waals surface area contributed by atoms with Crippen LogP contribution in [0.1, 0.15) is 24.5 Å². The molecule has 25 heavy (non-hydrogen) atoms. The molecule has 2 amide bonds. The Morgan fingerprint density at radius 2 is 1.76 bits per heavy atom. The third kappa shape index (κ3) is 4.05. The molecule has 0 spiro atoms. The molecule has 1 unspecified atom stereocenters. The zero-order valence-electron chi connectivity index (χ0n) is 14.2. The fraction of sp³-hybridized carbons (Fsp3) is 0.300. The Labute approximate surface area is 146 Å². The molecule has 2 aromatic rings. The molecule has 1 saturated heterocycles. The molecule has 0 aromatic heterocycles. The van der Waals surface area contributed by atoms with Gasteiger partial charge in [-0.3, -0.25) is 9.59 Å². The average molecular weight is 340 g/mol. The Balaban J connectivity index is 1.59. The van der Waals surface area contributed by atoms with Crippen molar-refractivity contribution in [2.24, 2.45) is 5.92 Å². The third-order valence-corrected chi connectivity index (χ3v) is 4.53. The number of aryl methyl sites for hydroxylation is 1. The maximum absolute atomic E-state index is 12.9. The summed E-state index contributed by atoms with van der Waals surface area (Å²) in [5, 5.41) is 2.83. The summed E-state index contributed by atoms with van der Waals surface area (Å²) >= 11 is 0. The second kappa shape index (κ2) is 7.47. The number of hydrogen-bond donors (Lipinski definition) is 1. The molecule has 0 saturated carbocycles. The van der Waals surface area contributed by atoms with Crippen LogP contribution in [0.25, 0.3) is 0 Å². The molecule has 130 valence electrons. The van der Waals surface area contributed by atoms with Crippen molar-refractivity contribution in [2.45, 2.75) is 26.3 Å². The summed E-state index contributed by atoms with van der Waals surface area (Å²) in [5.41, 5.74) is 2.87. The summed E-state index contributed by atoms with van der Waals surface area (Å²) in [4.78, 5) is 26.3. The van der Waals surface area contributed by atoms with E-state index in [1.54, 1.807) is 17.0 Å². The van der Waals surface area contributed by atoms with Crippen molar-refractivity contribution in [3.8, 4) is 0 Å². The quantitative estimate of drug-likeness (QED) is 0.909. The highest BCUT2D eigenvalue weighted by molar-refractivity contribution is 6.00. The summed E-state index contributed by atoms with van der Waals surface area (Å²) in [6.07, 6.45) is 1.16. The molecule has 1 aliphatic rings. The summed E-state index contributed by atoms with van der Waals surface area (Å²) in [5.74, 6) is -0.850. The predicted octanol–water partition coefficient (Wildman–Crippen LogP) is 3.06. The fourth-order valence-electron chi connectivity index (χ4n) is 2.98. The number of carbonyl (C=O) groups excluding carboxylic acids is 2. The maximum Gasteiger partial charge on any atom is 0.227 e. The number of rotatable bonds is 5. The molecule has 0 radical (unpaired) electrons. The lowest BCUT2D eigenvalue weighted by atomic mass is 10.1. The van der Waals surface area contributed by atoms with E-state index in [4.69, 9.17) is 0 Å². The highest BCUT2D eigenvalue weighted by atomic mass is 19.1. The maximum atomic E-state index is 12.9. The Kier molecular flexibility index (Phi) is 5.12. The molecule has 0 aliphatic carbocycles. The Bertz CT molecular complexity index is 756. The number of hydrogen-bond acceptors (Lipinski definition) is 2. The summed E-state index contributed by atoms with van der Waals surface area (Å²) < 4.78 is 12.9. The van der Waals surface area contributed by atoms with Gasteiger partial charge in [0.2, 0.25) is 11.8 Å². The van der Waals surface area contributed by atoms with Crippen molar-refractivity contribution in [1.82, 2.24) is 5.32 Å². The lowest BCUT2D eigenvalue weighted by Gasteiger charge is -2.17. The predicted molar refractivity (Wildman–Crippen MR) is 94.5 cm³/mol. The second-order valence-corrected chi connectivity index (χ2v) is 6.27. The molecular formula is C20H21FN2O2. The van der Waals surface area contributed by atoms with Crippen LogP contribution >= 0.6 is 0 Å². The minimum absolute atomic E-state index is 0.0359. The van der Waals surface area contributed by atoms with Gasteiger partial charge in [0.15, 0.2) is 0 Å². The molecule has 1 atom stereocenters. The van der Waals surface area contributed by atoms with Crippen LogP contribution in [-0.2, 0) is 22.6 Å². The van der Waals surface area contributed by atoms with Crippen molar-refractivity contribution < 1.29 is 14.0 Å². The van der Waals surface area contributed by atoms with Gasteiger partial charge in [0, 0.05) is 25.2 Å². The van der Waals surface area contributed by atoms with Crippen LogP contribution in [0.4, 0.5) is 10.1 Å². The average Bonchev–Trinajstić information content (AvgIpc) is 3.03. The zero-order chi connectivity index (χ0) is 17.8. The number of amides is 2. The number of halogens is 1. The van der Waals surface area contributed by atoms with E-state index in [1.807, 2.05) is 24.3 Å². The van der Waals surface area contributed by atoms with Gasteiger partial charge in [-0.15, -0.1) is 0 Å². The zero-order valence-corrected chi connectivity index (χ0v) is 14.2. The number of carbonyl (C=O) groups is 2. The van der Waals surface area contributed by atoms with Crippen LogP contribution < -0.4 is 10.2 Å². The van der Waals surface area contributed by atoms with Crippen LogP contribution in [0.3, 0.4) is 0 Å². The molecular weight excluding hydrogens is 319 g/mol. The molecule has 1 aliphatic heterocycles. The molecule has 1 heterocycles. The third-order valence-electron chi connectivity index (χ3n) is 4.53. The monoisotopic (exact) mass is 340 g/mol. The van der Waals surface area contributed by atoms with E-state index in [-0.39, 0.29) is 30.0 Å². The van der Waals surface area contributed by atoms with Crippen molar-refractivity contribution in [3.63, 3.8) is 0 Å². The Morgan fingerprint density at radius 3 is 2.40 bits per heavy atom. The molecule has 1 N–H and O–H groups in total. The van der Waals surface area contributed by atoms with Gasteiger partial charge in [-0.1, -0.05) is 31.2 Å². The lowest BCUT2D eigenvalue weighted by Crippen LogP contribution is -2.32. The van der Waals surface area contributed by atoms with Crippen LogP contribution in [0.5, 0.6) is 0 Å². The van der Waals surface area contributed by atoms with E-state index >= 15 is 0 Å². The van der Waals surface area contributed by atoms with Gasteiger partial charge in [-0.25, -0.2) is 4.39 Å². The first kappa shape index (κ1) is 17.1. The first-order chi connectivity index (χ1) is 12.1. The van der Waals surface area contributed by atoms with Crippen LogP contribution in [0.15, 0.2) is 48.5 Å². The highest BCUT2D eigenvalue weighted by Gasteiger charge is 2.34. The van der Waals surface area contributed by atoms with E-state index in [9.17, 15) is 14.0 Å². The lowest BCUT2D eigenvalue weighted by molar-refractivity contribution is -0.126. The van der Waals surface area contributed by atoms with Crippen molar-refractivity contribution in [1.29, 1.82) is 0 Å². The topological polar surface area (TPSA) is 49.4 Å². The Hall–Kier alpha value is -2.69. The minimum atomic E-state index is -0.362. The number of nitrogens with zero attached hydrogens (tertiary/aromatic N) is 1. The van der Waals surface area contributed by atoms with Gasteiger partial charge >= 0.3 is 0 Å². The van der Waals surface area contributed by atoms with Crippen LogP contribution in [0, 0.1) is 11.7 Å². The second-order valence-electron chi connectivity index (χ2n) is 6.27. The molecule has 0 bridgehead atoms. The van der Waals surface area contributed by atoms with E-state index < -0.39 is 0 Å². The van der Waals surface area contributed by atoms with E-state index in [2.05, 4.69) is 12.2 Å². The van der Waals surface area contributed by atoms with E-state index in [0.717, 1.165) is 17.7 Å². The number of benzene rings is 2. The first-order valence-electron chi connectivity index (χ1n) is 8.48. The summed E-state index contributed by atoms with van der Waals surface area (Å²) in [6.45, 7) is 2.80. The summed E-state index contributed by atoms with van der Waals surface area (Å²) in [7, 11) is 0. The molecule has 2 aromatic carbocycles. The van der Waals surface area contributed by atoms with Crippen LogP contribution in [-0.4, -0.2) is 18.4 Å². The highest BCUT2D eigenvalue weighted by Crippen LogP contribution is 2.25. The molecule has 5 heteroatoms. The number of nitrogens with one attached hydrogen (secondary N) is 1. The smallest absolute Gasteiger partial charge is 0.227 e. The van der Waals surface area contributed by atoms with Gasteiger partial charge in [0.25, 0.3) is 0 Å². The van der Waals surface area contributed by atoms with Gasteiger partial charge < -0.3 is 10.2 Å².